The van der Waals surface area contributed by atoms with Crippen molar-refractivity contribution in [3.63, 3.8) is 0 Å². The topological polar surface area (TPSA) is 59.4 Å². The van der Waals surface area contributed by atoms with Gasteiger partial charge in [0.05, 0.1) is 6.20 Å². The molecule has 2 aromatic rings. The summed E-state index contributed by atoms with van der Waals surface area (Å²) in [5.41, 5.74) is 1.49. The van der Waals surface area contributed by atoms with E-state index in [-0.39, 0.29) is 18.0 Å². The van der Waals surface area contributed by atoms with Gasteiger partial charge in [-0.15, -0.1) is 0 Å². The van der Waals surface area contributed by atoms with Crippen molar-refractivity contribution in [1.82, 2.24) is 4.98 Å². The van der Waals surface area contributed by atoms with Crippen LogP contribution in [-0.4, -0.2) is 16.1 Å². The summed E-state index contributed by atoms with van der Waals surface area (Å²) in [6, 6.07) is 9.63. The highest BCUT2D eigenvalue weighted by atomic mass is 19.1. The zero-order valence-electron chi connectivity index (χ0n) is 12.0. The fraction of sp³-hybridized carbons (Fsp3) is 0.250. The number of hydrogen-bond donors (Lipinski definition) is 1. The molecule has 0 spiro atoms. The third-order valence-corrected chi connectivity index (χ3v) is 2.56. The SMILES string of the molecule is CCC(=O)O.Cc1cncc(OCc2ccccc2)c1F. The van der Waals surface area contributed by atoms with Gasteiger partial charge in [-0.3, -0.25) is 9.78 Å². The van der Waals surface area contributed by atoms with E-state index in [4.69, 9.17) is 9.84 Å². The number of nitrogens with zero attached hydrogens (tertiary/aromatic N) is 1. The average molecular weight is 291 g/mol. The van der Waals surface area contributed by atoms with Gasteiger partial charge in [0.2, 0.25) is 0 Å². The summed E-state index contributed by atoms with van der Waals surface area (Å²) in [6.07, 6.45) is 3.09. The minimum absolute atomic E-state index is 0.198. The molecular weight excluding hydrogens is 273 g/mol. The molecule has 0 saturated carbocycles. The van der Waals surface area contributed by atoms with Crippen molar-refractivity contribution in [3.05, 3.63) is 59.7 Å². The van der Waals surface area contributed by atoms with Crippen molar-refractivity contribution in [1.29, 1.82) is 0 Å². The zero-order valence-corrected chi connectivity index (χ0v) is 12.0. The number of carboxylic acids is 1. The van der Waals surface area contributed by atoms with E-state index in [0.29, 0.717) is 12.2 Å². The van der Waals surface area contributed by atoms with Gasteiger partial charge in [-0.2, -0.15) is 0 Å². The van der Waals surface area contributed by atoms with Gasteiger partial charge in [-0.25, -0.2) is 4.39 Å². The standard InChI is InChI=1S/C13H12FNO.C3H6O2/c1-10-7-15-8-12(13(10)14)16-9-11-5-3-2-4-6-11;1-2-3(4)5/h2-8H,9H2,1H3;2H2,1H3,(H,4,5). The second kappa shape index (κ2) is 8.68. The molecule has 1 aromatic heterocycles. The van der Waals surface area contributed by atoms with Gasteiger partial charge in [-0.1, -0.05) is 37.3 Å². The second-order valence-corrected chi connectivity index (χ2v) is 4.29. The number of ether oxygens (including phenoxy) is 1. The molecule has 0 unspecified atom stereocenters. The van der Waals surface area contributed by atoms with Crippen LogP contribution in [-0.2, 0) is 11.4 Å². The highest BCUT2D eigenvalue weighted by molar-refractivity contribution is 5.66. The van der Waals surface area contributed by atoms with Crippen molar-refractivity contribution in [2.45, 2.75) is 26.9 Å². The normalized spacial score (nSPS) is 9.48. The summed E-state index contributed by atoms with van der Waals surface area (Å²) in [4.78, 5) is 13.3. The van der Waals surface area contributed by atoms with Crippen molar-refractivity contribution in [2.24, 2.45) is 0 Å². The molecule has 0 amide bonds. The smallest absolute Gasteiger partial charge is 0.303 e. The predicted octanol–water partition coefficient (Wildman–Crippen LogP) is 3.59. The summed E-state index contributed by atoms with van der Waals surface area (Å²) in [7, 11) is 0. The molecule has 1 heterocycles. The minimum atomic E-state index is -0.745. The Morgan fingerprint density at radius 2 is 1.90 bits per heavy atom. The van der Waals surface area contributed by atoms with E-state index in [0.717, 1.165) is 5.56 Å². The van der Waals surface area contributed by atoms with E-state index in [1.54, 1.807) is 13.8 Å². The molecule has 2 rings (SSSR count). The minimum Gasteiger partial charge on any atom is -0.484 e. The summed E-state index contributed by atoms with van der Waals surface area (Å²) >= 11 is 0. The first kappa shape index (κ1) is 16.6. The number of halogens is 1. The van der Waals surface area contributed by atoms with Crippen molar-refractivity contribution >= 4 is 5.97 Å². The Balaban J connectivity index is 0.000000383. The summed E-state index contributed by atoms with van der Waals surface area (Å²) in [6.45, 7) is 3.61. The fourth-order valence-electron chi connectivity index (χ4n) is 1.36. The molecule has 4 nitrogen and oxygen atoms in total. The van der Waals surface area contributed by atoms with Crippen LogP contribution in [0.25, 0.3) is 0 Å². The average Bonchev–Trinajstić information content (AvgIpc) is 2.50. The fourth-order valence-corrected chi connectivity index (χ4v) is 1.36. The Labute approximate surface area is 123 Å². The number of aryl methyl sites for hydroxylation is 1. The Hall–Kier alpha value is -2.43. The molecule has 0 bridgehead atoms. The van der Waals surface area contributed by atoms with Gasteiger partial charge >= 0.3 is 5.97 Å². The summed E-state index contributed by atoms with van der Waals surface area (Å²) < 4.78 is 18.9. The van der Waals surface area contributed by atoms with Gasteiger partial charge in [0, 0.05) is 18.2 Å². The molecule has 112 valence electrons. The lowest BCUT2D eigenvalue weighted by Crippen LogP contribution is -1.99. The van der Waals surface area contributed by atoms with E-state index >= 15 is 0 Å². The number of carboxylic acid groups (broad SMARTS) is 1. The van der Waals surface area contributed by atoms with Gasteiger partial charge in [0.15, 0.2) is 11.6 Å². The Morgan fingerprint density at radius 3 is 2.48 bits per heavy atom. The lowest BCUT2D eigenvalue weighted by atomic mass is 10.2. The van der Waals surface area contributed by atoms with E-state index in [1.165, 1.54) is 12.4 Å². The molecule has 0 aliphatic heterocycles. The molecule has 0 aliphatic carbocycles. The predicted molar refractivity (Wildman–Crippen MR) is 77.6 cm³/mol. The zero-order chi connectivity index (χ0) is 15.7. The third-order valence-electron chi connectivity index (χ3n) is 2.56. The van der Waals surface area contributed by atoms with Crippen LogP contribution in [0.4, 0.5) is 4.39 Å². The lowest BCUT2D eigenvalue weighted by Gasteiger charge is -2.07. The highest BCUT2D eigenvalue weighted by Gasteiger charge is 2.06. The van der Waals surface area contributed by atoms with Crippen LogP contribution in [0, 0.1) is 12.7 Å². The van der Waals surface area contributed by atoms with E-state index < -0.39 is 5.97 Å². The number of pyridine rings is 1. The molecule has 0 fully saturated rings. The van der Waals surface area contributed by atoms with Gasteiger partial charge in [0.1, 0.15) is 6.61 Å². The number of carbonyl (C=O) groups is 1. The van der Waals surface area contributed by atoms with Gasteiger partial charge in [-0.05, 0) is 12.5 Å². The first-order chi connectivity index (χ1) is 10.0. The number of rotatable bonds is 4. The van der Waals surface area contributed by atoms with Crippen LogP contribution in [0.2, 0.25) is 0 Å². The lowest BCUT2D eigenvalue weighted by molar-refractivity contribution is -0.136. The molecule has 0 atom stereocenters. The Kier molecular flexibility index (Phi) is 6.87. The van der Waals surface area contributed by atoms with Gasteiger partial charge in [0.25, 0.3) is 0 Å². The number of benzene rings is 1. The second-order valence-electron chi connectivity index (χ2n) is 4.29. The Morgan fingerprint density at radius 1 is 1.29 bits per heavy atom. The largest absolute Gasteiger partial charge is 0.484 e. The molecule has 0 saturated heterocycles. The first-order valence-corrected chi connectivity index (χ1v) is 6.53. The summed E-state index contributed by atoms with van der Waals surface area (Å²) in [5, 5.41) is 7.72. The van der Waals surface area contributed by atoms with Gasteiger partial charge < -0.3 is 9.84 Å². The van der Waals surface area contributed by atoms with Crippen LogP contribution in [0.5, 0.6) is 5.75 Å². The maximum atomic E-state index is 13.5. The molecule has 0 aliphatic rings. The number of aliphatic carboxylic acids is 1. The van der Waals surface area contributed by atoms with E-state index in [2.05, 4.69) is 4.98 Å². The van der Waals surface area contributed by atoms with Crippen LogP contribution < -0.4 is 4.74 Å². The highest BCUT2D eigenvalue weighted by Crippen LogP contribution is 2.19. The maximum Gasteiger partial charge on any atom is 0.303 e. The van der Waals surface area contributed by atoms with Crippen LogP contribution in [0.15, 0.2) is 42.7 Å². The number of hydrogen-bond acceptors (Lipinski definition) is 3. The first-order valence-electron chi connectivity index (χ1n) is 6.53. The number of aromatic nitrogens is 1. The molecular formula is C16H18FNO3. The van der Waals surface area contributed by atoms with Crippen molar-refractivity contribution in [2.75, 3.05) is 0 Å². The van der Waals surface area contributed by atoms with Crippen LogP contribution >= 0.6 is 0 Å². The summed E-state index contributed by atoms with van der Waals surface area (Å²) in [5.74, 6) is -0.889. The van der Waals surface area contributed by atoms with Crippen LogP contribution in [0.1, 0.15) is 24.5 Å². The molecule has 21 heavy (non-hydrogen) atoms. The van der Waals surface area contributed by atoms with E-state index in [1.807, 2.05) is 30.3 Å². The molecule has 0 radical (unpaired) electrons. The molecule has 1 aromatic carbocycles. The quantitative estimate of drug-likeness (QED) is 0.935. The van der Waals surface area contributed by atoms with Crippen LogP contribution in [0.3, 0.4) is 0 Å². The van der Waals surface area contributed by atoms with E-state index in [9.17, 15) is 9.18 Å². The third kappa shape index (κ3) is 6.03. The Bertz CT molecular complexity index is 573. The molecule has 1 N–H and O–H groups in total. The van der Waals surface area contributed by atoms with Crippen molar-refractivity contribution < 1.29 is 19.0 Å². The molecule has 5 heteroatoms. The maximum absolute atomic E-state index is 13.5. The van der Waals surface area contributed by atoms with Crippen molar-refractivity contribution in [3.8, 4) is 5.75 Å². The monoisotopic (exact) mass is 291 g/mol.